The normalized spacial score (nSPS) is 12.1. The van der Waals surface area contributed by atoms with Gasteiger partial charge in [0.25, 0.3) is 0 Å². The average molecular weight is 281 g/mol. The van der Waals surface area contributed by atoms with Gasteiger partial charge in [-0.1, -0.05) is 37.3 Å². The quantitative estimate of drug-likeness (QED) is 0.682. The Labute approximate surface area is 119 Å². The van der Waals surface area contributed by atoms with E-state index < -0.39 is 0 Å². The molecule has 0 bridgehead atoms. The van der Waals surface area contributed by atoms with E-state index in [0.29, 0.717) is 5.75 Å². The highest BCUT2D eigenvalue weighted by Crippen LogP contribution is 2.07. The van der Waals surface area contributed by atoms with E-state index in [1.165, 1.54) is 5.56 Å². The van der Waals surface area contributed by atoms with E-state index >= 15 is 0 Å². The zero-order valence-corrected chi connectivity index (χ0v) is 12.3. The van der Waals surface area contributed by atoms with Gasteiger partial charge in [-0.25, -0.2) is 0 Å². The molecule has 106 valence electrons. The standard InChI is InChI=1S/C15H23NO2S/c1-13(10-17)11-19-12-15(18)16-9-5-8-14-6-3-2-4-7-14/h2-4,6-7,13,17H,5,8-12H2,1H3,(H,16,18). The Morgan fingerprint density at radius 2 is 2.11 bits per heavy atom. The minimum absolute atomic E-state index is 0.0863. The maximum atomic E-state index is 11.5. The van der Waals surface area contributed by atoms with Crippen molar-refractivity contribution in [2.24, 2.45) is 5.92 Å². The smallest absolute Gasteiger partial charge is 0.229 e. The molecule has 1 aromatic rings. The Balaban J connectivity index is 2.01. The molecule has 0 saturated heterocycles. The van der Waals surface area contributed by atoms with Gasteiger partial charge in [0.15, 0.2) is 0 Å². The van der Waals surface area contributed by atoms with Crippen LogP contribution in [0.1, 0.15) is 18.9 Å². The molecule has 1 aromatic carbocycles. The molecule has 1 rings (SSSR count). The third kappa shape index (κ3) is 7.90. The van der Waals surface area contributed by atoms with E-state index in [4.69, 9.17) is 5.11 Å². The SMILES string of the molecule is CC(CO)CSCC(=O)NCCCc1ccccc1. The van der Waals surface area contributed by atoms with Gasteiger partial charge >= 0.3 is 0 Å². The molecule has 0 fully saturated rings. The number of thioether (sulfide) groups is 1. The third-order valence-corrected chi connectivity index (χ3v) is 4.03. The number of carbonyl (C=O) groups is 1. The number of benzene rings is 1. The molecule has 0 aliphatic carbocycles. The van der Waals surface area contributed by atoms with Crippen molar-refractivity contribution in [3.05, 3.63) is 35.9 Å². The molecule has 1 amide bonds. The molecule has 2 N–H and O–H groups in total. The minimum atomic E-state index is 0.0863. The van der Waals surface area contributed by atoms with Gasteiger partial charge in [-0.05, 0) is 30.1 Å². The van der Waals surface area contributed by atoms with Gasteiger partial charge < -0.3 is 10.4 Å². The number of aliphatic hydroxyl groups is 1. The Morgan fingerprint density at radius 1 is 1.37 bits per heavy atom. The Morgan fingerprint density at radius 3 is 2.79 bits per heavy atom. The van der Waals surface area contributed by atoms with Crippen LogP contribution in [0.25, 0.3) is 0 Å². The maximum Gasteiger partial charge on any atom is 0.229 e. The summed E-state index contributed by atoms with van der Waals surface area (Å²) in [6.45, 7) is 2.89. The average Bonchev–Trinajstić information content (AvgIpc) is 2.44. The largest absolute Gasteiger partial charge is 0.396 e. The lowest BCUT2D eigenvalue weighted by Crippen LogP contribution is -2.26. The molecular weight excluding hydrogens is 258 g/mol. The lowest BCUT2D eigenvalue weighted by Gasteiger charge is -2.08. The van der Waals surface area contributed by atoms with Gasteiger partial charge in [-0.15, -0.1) is 0 Å². The number of rotatable bonds is 9. The minimum Gasteiger partial charge on any atom is -0.396 e. The predicted molar refractivity (Wildman–Crippen MR) is 81.3 cm³/mol. The Hall–Kier alpha value is -1.00. The van der Waals surface area contributed by atoms with Crippen LogP contribution in [-0.2, 0) is 11.2 Å². The summed E-state index contributed by atoms with van der Waals surface area (Å²) in [5.74, 6) is 1.66. The van der Waals surface area contributed by atoms with Gasteiger partial charge in [0.05, 0.1) is 5.75 Å². The lowest BCUT2D eigenvalue weighted by molar-refractivity contribution is -0.118. The molecule has 0 aromatic heterocycles. The van der Waals surface area contributed by atoms with Crippen molar-refractivity contribution in [3.63, 3.8) is 0 Å². The van der Waals surface area contributed by atoms with E-state index in [2.05, 4.69) is 17.4 Å². The van der Waals surface area contributed by atoms with Crippen LogP contribution >= 0.6 is 11.8 Å². The van der Waals surface area contributed by atoms with Gasteiger partial charge in [0.2, 0.25) is 5.91 Å². The van der Waals surface area contributed by atoms with E-state index in [1.807, 2.05) is 25.1 Å². The maximum absolute atomic E-state index is 11.5. The highest BCUT2D eigenvalue weighted by Gasteiger charge is 2.04. The molecule has 0 spiro atoms. The van der Waals surface area contributed by atoms with Crippen LogP contribution in [0.4, 0.5) is 0 Å². The van der Waals surface area contributed by atoms with Gasteiger partial charge in [-0.2, -0.15) is 11.8 Å². The van der Waals surface area contributed by atoms with Crippen LogP contribution in [0.3, 0.4) is 0 Å². The molecular formula is C15H23NO2S. The van der Waals surface area contributed by atoms with E-state index in [0.717, 1.165) is 25.1 Å². The van der Waals surface area contributed by atoms with Crippen molar-refractivity contribution in [2.45, 2.75) is 19.8 Å². The molecule has 1 unspecified atom stereocenters. The van der Waals surface area contributed by atoms with Crippen LogP contribution in [0, 0.1) is 5.92 Å². The van der Waals surface area contributed by atoms with Crippen molar-refractivity contribution in [1.82, 2.24) is 5.32 Å². The van der Waals surface area contributed by atoms with Crippen LogP contribution in [-0.4, -0.2) is 35.7 Å². The van der Waals surface area contributed by atoms with Gasteiger partial charge in [0.1, 0.15) is 0 Å². The van der Waals surface area contributed by atoms with Crippen LogP contribution in [0.5, 0.6) is 0 Å². The first kappa shape index (κ1) is 16.1. The predicted octanol–water partition coefficient (Wildman–Crippen LogP) is 2.10. The van der Waals surface area contributed by atoms with Crippen molar-refractivity contribution in [1.29, 1.82) is 0 Å². The van der Waals surface area contributed by atoms with Gasteiger partial charge in [-0.3, -0.25) is 4.79 Å². The first-order chi connectivity index (χ1) is 9.22. The topological polar surface area (TPSA) is 49.3 Å². The van der Waals surface area contributed by atoms with Crippen LogP contribution in [0.15, 0.2) is 30.3 Å². The number of hydrogen-bond donors (Lipinski definition) is 2. The summed E-state index contributed by atoms with van der Waals surface area (Å²) in [5, 5.41) is 11.8. The summed E-state index contributed by atoms with van der Waals surface area (Å²) in [6, 6.07) is 10.3. The number of carbonyl (C=O) groups excluding carboxylic acids is 1. The number of amides is 1. The van der Waals surface area contributed by atoms with E-state index in [9.17, 15) is 4.79 Å². The summed E-state index contributed by atoms with van der Waals surface area (Å²) in [6.07, 6.45) is 1.96. The highest BCUT2D eigenvalue weighted by atomic mass is 32.2. The number of aliphatic hydroxyl groups excluding tert-OH is 1. The third-order valence-electron chi connectivity index (χ3n) is 2.75. The van der Waals surface area contributed by atoms with Crippen molar-refractivity contribution >= 4 is 17.7 Å². The van der Waals surface area contributed by atoms with Crippen molar-refractivity contribution in [3.8, 4) is 0 Å². The summed E-state index contributed by atoms with van der Waals surface area (Å²) in [4.78, 5) is 11.5. The second-order valence-corrected chi connectivity index (χ2v) is 5.77. The number of nitrogens with one attached hydrogen (secondary N) is 1. The zero-order chi connectivity index (χ0) is 13.9. The zero-order valence-electron chi connectivity index (χ0n) is 11.5. The van der Waals surface area contributed by atoms with E-state index in [1.54, 1.807) is 11.8 Å². The molecule has 19 heavy (non-hydrogen) atoms. The highest BCUT2D eigenvalue weighted by molar-refractivity contribution is 7.99. The fraction of sp³-hybridized carbons (Fsp3) is 0.533. The monoisotopic (exact) mass is 281 g/mol. The summed E-state index contributed by atoms with van der Waals surface area (Å²) >= 11 is 1.58. The van der Waals surface area contributed by atoms with Gasteiger partial charge in [0, 0.05) is 13.2 Å². The lowest BCUT2D eigenvalue weighted by atomic mass is 10.1. The molecule has 4 heteroatoms. The number of hydrogen-bond acceptors (Lipinski definition) is 3. The van der Waals surface area contributed by atoms with E-state index in [-0.39, 0.29) is 18.4 Å². The Bertz CT molecular complexity index is 356. The molecule has 3 nitrogen and oxygen atoms in total. The molecule has 0 aliphatic heterocycles. The summed E-state index contributed by atoms with van der Waals surface area (Å²) in [5.41, 5.74) is 1.31. The fourth-order valence-corrected chi connectivity index (χ4v) is 2.53. The van der Waals surface area contributed by atoms with Crippen molar-refractivity contribution < 1.29 is 9.90 Å². The second-order valence-electron chi connectivity index (χ2n) is 4.74. The molecule has 0 radical (unpaired) electrons. The summed E-state index contributed by atoms with van der Waals surface area (Å²) < 4.78 is 0. The Kier molecular flexibility index (Phi) is 8.34. The summed E-state index contributed by atoms with van der Waals surface area (Å²) in [7, 11) is 0. The first-order valence-corrected chi connectivity index (χ1v) is 7.87. The molecule has 1 atom stereocenters. The molecule has 0 heterocycles. The first-order valence-electron chi connectivity index (χ1n) is 6.71. The molecule has 0 saturated carbocycles. The number of aryl methyl sites for hydroxylation is 1. The second kappa shape index (κ2) is 9.87. The van der Waals surface area contributed by atoms with Crippen molar-refractivity contribution in [2.75, 3.05) is 24.7 Å². The van der Waals surface area contributed by atoms with Crippen LogP contribution < -0.4 is 5.32 Å². The van der Waals surface area contributed by atoms with Crippen LogP contribution in [0.2, 0.25) is 0 Å². The molecule has 0 aliphatic rings. The fourth-order valence-electron chi connectivity index (χ4n) is 1.62.